The molecule has 1 aromatic carbocycles. The van der Waals surface area contributed by atoms with Crippen molar-refractivity contribution in [2.75, 3.05) is 6.54 Å². The summed E-state index contributed by atoms with van der Waals surface area (Å²) >= 11 is 2.97. The fraction of sp³-hybridized carbons (Fsp3) is 0.273. The maximum Gasteiger partial charge on any atom is 0.240 e. The molecule has 0 saturated heterocycles. The van der Waals surface area contributed by atoms with Crippen molar-refractivity contribution in [1.29, 1.82) is 0 Å². The van der Waals surface area contributed by atoms with Gasteiger partial charge in [0.25, 0.3) is 0 Å². The van der Waals surface area contributed by atoms with Gasteiger partial charge in [0.2, 0.25) is 10.0 Å². The van der Waals surface area contributed by atoms with E-state index in [-0.39, 0.29) is 15.9 Å². The third-order valence-electron chi connectivity index (χ3n) is 1.99. The van der Waals surface area contributed by atoms with Gasteiger partial charge in [-0.1, -0.05) is 11.6 Å². The van der Waals surface area contributed by atoms with Crippen LogP contribution in [0.3, 0.4) is 0 Å². The topological polar surface area (TPSA) is 46.2 Å². The van der Waals surface area contributed by atoms with E-state index in [4.69, 9.17) is 0 Å². The van der Waals surface area contributed by atoms with Crippen LogP contribution in [0.15, 0.2) is 39.2 Å². The first-order valence-electron chi connectivity index (χ1n) is 4.91. The monoisotopic (exact) mass is 321 g/mol. The molecule has 0 unspecified atom stereocenters. The van der Waals surface area contributed by atoms with E-state index in [1.54, 1.807) is 6.08 Å². The molecule has 0 saturated carbocycles. The molecule has 0 amide bonds. The second kappa shape index (κ2) is 5.75. The second-order valence-corrected chi connectivity index (χ2v) is 6.33. The molecule has 0 aromatic heterocycles. The van der Waals surface area contributed by atoms with Crippen LogP contribution in [0, 0.1) is 5.82 Å². The first-order chi connectivity index (χ1) is 7.83. The van der Waals surface area contributed by atoms with Crippen molar-refractivity contribution in [2.24, 2.45) is 0 Å². The lowest BCUT2D eigenvalue weighted by molar-refractivity contribution is 0.580. The van der Waals surface area contributed by atoms with E-state index in [9.17, 15) is 12.8 Å². The molecule has 0 fully saturated rings. The third kappa shape index (κ3) is 4.22. The largest absolute Gasteiger partial charge is 0.240 e. The molecule has 0 radical (unpaired) electrons. The van der Waals surface area contributed by atoms with Crippen LogP contribution in [0.1, 0.15) is 13.8 Å². The number of nitrogens with one attached hydrogen (secondary N) is 1. The Morgan fingerprint density at radius 2 is 2.12 bits per heavy atom. The minimum absolute atomic E-state index is 0.0830. The fourth-order valence-corrected chi connectivity index (χ4v) is 2.30. The maximum absolute atomic E-state index is 13.2. The molecule has 1 N–H and O–H groups in total. The minimum atomic E-state index is -3.65. The summed E-state index contributed by atoms with van der Waals surface area (Å²) in [5, 5.41) is 0. The van der Waals surface area contributed by atoms with Crippen LogP contribution in [0.4, 0.5) is 4.39 Å². The zero-order chi connectivity index (χ0) is 13.1. The van der Waals surface area contributed by atoms with Gasteiger partial charge in [0.05, 0.1) is 9.37 Å². The lowest BCUT2D eigenvalue weighted by Gasteiger charge is -2.05. The smallest absolute Gasteiger partial charge is 0.207 e. The van der Waals surface area contributed by atoms with Crippen LogP contribution in [0.25, 0.3) is 0 Å². The Morgan fingerprint density at radius 1 is 1.47 bits per heavy atom. The molecule has 94 valence electrons. The molecule has 0 bridgehead atoms. The van der Waals surface area contributed by atoms with E-state index in [2.05, 4.69) is 20.7 Å². The van der Waals surface area contributed by atoms with Crippen molar-refractivity contribution in [3.8, 4) is 0 Å². The molecule has 0 spiro atoms. The zero-order valence-corrected chi connectivity index (χ0v) is 11.9. The van der Waals surface area contributed by atoms with Crippen molar-refractivity contribution >= 4 is 26.0 Å². The lowest BCUT2D eigenvalue weighted by Crippen LogP contribution is -2.24. The average molecular weight is 322 g/mol. The number of benzene rings is 1. The summed E-state index contributed by atoms with van der Waals surface area (Å²) in [6.07, 6.45) is 1.74. The van der Waals surface area contributed by atoms with Crippen molar-refractivity contribution in [2.45, 2.75) is 18.7 Å². The molecule has 0 aliphatic heterocycles. The number of rotatable bonds is 4. The minimum Gasteiger partial charge on any atom is -0.207 e. The highest BCUT2D eigenvalue weighted by atomic mass is 79.9. The molecule has 0 atom stereocenters. The van der Waals surface area contributed by atoms with Crippen LogP contribution in [0.5, 0.6) is 0 Å². The molecular formula is C11H13BrFNO2S. The van der Waals surface area contributed by atoms with E-state index in [0.717, 1.165) is 11.6 Å². The molecule has 0 heterocycles. The van der Waals surface area contributed by atoms with Gasteiger partial charge in [-0.05, 0) is 48.0 Å². The lowest BCUT2D eigenvalue weighted by atomic mass is 10.3. The standard InChI is InChI=1S/C11H13BrFNO2S/c1-8(2)5-6-14-17(15,16)9-3-4-10(12)11(13)7-9/h3-5,7,14H,6H2,1-2H3. The second-order valence-electron chi connectivity index (χ2n) is 3.71. The molecular weight excluding hydrogens is 309 g/mol. The van der Waals surface area contributed by atoms with Crippen LogP contribution in [-0.2, 0) is 10.0 Å². The Balaban J connectivity index is 2.90. The predicted molar refractivity (Wildman–Crippen MR) is 68.7 cm³/mol. The van der Waals surface area contributed by atoms with E-state index in [1.165, 1.54) is 12.1 Å². The Kier molecular flexibility index (Phi) is 4.85. The predicted octanol–water partition coefficient (Wildman–Crippen LogP) is 2.83. The van der Waals surface area contributed by atoms with Crippen LogP contribution < -0.4 is 4.72 Å². The zero-order valence-electron chi connectivity index (χ0n) is 9.50. The Morgan fingerprint density at radius 3 is 2.65 bits per heavy atom. The SMILES string of the molecule is CC(C)=CCNS(=O)(=O)c1ccc(Br)c(F)c1. The number of halogens is 2. The Bertz CT molecular complexity index is 536. The van der Waals surface area contributed by atoms with Gasteiger partial charge in [-0.2, -0.15) is 0 Å². The highest BCUT2D eigenvalue weighted by Crippen LogP contribution is 2.19. The summed E-state index contributed by atoms with van der Waals surface area (Å²) in [4.78, 5) is -0.0830. The van der Waals surface area contributed by atoms with Gasteiger partial charge in [-0.15, -0.1) is 0 Å². The third-order valence-corrected chi connectivity index (χ3v) is 4.05. The fourth-order valence-electron chi connectivity index (χ4n) is 1.08. The summed E-state index contributed by atoms with van der Waals surface area (Å²) < 4.78 is 39.3. The quantitative estimate of drug-likeness (QED) is 0.867. The van der Waals surface area contributed by atoms with Crippen LogP contribution in [0.2, 0.25) is 0 Å². The van der Waals surface area contributed by atoms with Gasteiger partial charge in [-0.25, -0.2) is 17.5 Å². The van der Waals surface area contributed by atoms with Crippen LogP contribution in [-0.4, -0.2) is 15.0 Å². The van der Waals surface area contributed by atoms with Crippen molar-refractivity contribution in [1.82, 2.24) is 4.72 Å². The van der Waals surface area contributed by atoms with Crippen molar-refractivity contribution < 1.29 is 12.8 Å². The number of sulfonamides is 1. The van der Waals surface area contributed by atoms with Gasteiger partial charge >= 0.3 is 0 Å². The summed E-state index contributed by atoms with van der Waals surface area (Å²) in [5.41, 5.74) is 1.01. The summed E-state index contributed by atoms with van der Waals surface area (Å²) in [6.45, 7) is 3.93. The van der Waals surface area contributed by atoms with E-state index in [1.807, 2.05) is 13.8 Å². The van der Waals surface area contributed by atoms with E-state index < -0.39 is 15.8 Å². The van der Waals surface area contributed by atoms with E-state index in [0.29, 0.717) is 0 Å². The normalized spacial score (nSPS) is 11.3. The number of hydrogen-bond acceptors (Lipinski definition) is 2. The van der Waals surface area contributed by atoms with Gasteiger partial charge < -0.3 is 0 Å². The molecule has 0 aliphatic carbocycles. The molecule has 1 rings (SSSR count). The van der Waals surface area contributed by atoms with Crippen LogP contribution >= 0.6 is 15.9 Å². The van der Waals surface area contributed by atoms with Gasteiger partial charge in [0.1, 0.15) is 5.82 Å². The van der Waals surface area contributed by atoms with E-state index >= 15 is 0 Å². The van der Waals surface area contributed by atoms with Gasteiger partial charge in [0.15, 0.2) is 0 Å². The Labute approximate surface area is 109 Å². The average Bonchev–Trinajstić information content (AvgIpc) is 2.21. The highest BCUT2D eigenvalue weighted by molar-refractivity contribution is 9.10. The number of hydrogen-bond donors (Lipinski definition) is 1. The van der Waals surface area contributed by atoms with Crippen molar-refractivity contribution in [3.05, 3.63) is 40.1 Å². The Hall–Kier alpha value is -0.720. The van der Waals surface area contributed by atoms with Gasteiger partial charge in [-0.3, -0.25) is 0 Å². The molecule has 6 heteroatoms. The maximum atomic E-state index is 13.2. The molecule has 0 aliphatic rings. The summed E-state index contributed by atoms with van der Waals surface area (Å²) in [7, 11) is -3.65. The molecule has 17 heavy (non-hydrogen) atoms. The van der Waals surface area contributed by atoms with Crippen molar-refractivity contribution in [3.63, 3.8) is 0 Å². The number of allylic oxidation sites excluding steroid dienone is 1. The first-order valence-corrected chi connectivity index (χ1v) is 7.18. The summed E-state index contributed by atoms with van der Waals surface area (Å²) in [5.74, 6) is -0.602. The summed E-state index contributed by atoms with van der Waals surface area (Å²) in [6, 6.07) is 3.69. The molecule has 3 nitrogen and oxygen atoms in total. The van der Waals surface area contributed by atoms with Gasteiger partial charge in [0, 0.05) is 6.54 Å². The molecule has 1 aromatic rings. The highest BCUT2D eigenvalue weighted by Gasteiger charge is 2.14. The first kappa shape index (κ1) is 14.3.